The van der Waals surface area contributed by atoms with Gasteiger partial charge in [-0.25, -0.2) is 4.52 Å². The van der Waals surface area contributed by atoms with Gasteiger partial charge < -0.3 is 14.5 Å². The van der Waals surface area contributed by atoms with Gasteiger partial charge in [0.15, 0.2) is 0 Å². The third-order valence-corrected chi connectivity index (χ3v) is 6.95. The number of benzene rings is 2. The maximum absolute atomic E-state index is 13.7. The number of morpholine rings is 1. The van der Waals surface area contributed by atoms with Crippen LogP contribution in [0.5, 0.6) is 0 Å². The van der Waals surface area contributed by atoms with Crippen molar-refractivity contribution in [3.8, 4) is 11.1 Å². The molecule has 11 heteroatoms. The lowest BCUT2D eigenvalue weighted by Gasteiger charge is -2.29. The maximum atomic E-state index is 13.7. The molecule has 38 heavy (non-hydrogen) atoms. The second-order valence-electron chi connectivity index (χ2n) is 9.03. The fourth-order valence-corrected chi connectivity index (χ4v) is 5.15. The fraction of sp³-hybridized carbons (Fsp3) is 0.259. The van der Waals surface area contributed by atoms with Gasteiger partial charge >= 0.3 is 6.18 Å². The van der Waals surface area contributed by atoms with Crippen molar-refractivity contribution in [3.63, 3.8) is 0 Å². The molecule has 198 valence electrons. The number of ether oxygens (including phenoxy) is 1. The van der Waals surface area contributed by atoms with Gasteiger partial charge in [-0.3, -0.25) is 4.79 Å². The minimum absolute atomic E-state index is 0.335. The second kappa shape index (κ2) is 10.1. The van der Waals surface area contributed by atoms with Crippen molar-refractivity contribution >= 4 is 46.1 Å². The van der Waals surface area contributed by atoms with Crippen LogP contribution in [-0.2, 0) is 10.9 Å². The number of nitrogens with zero attached hydrogens (tertiary/aromatic N) is 4. The molecule has 1 aliphatic heterocycles. The van der Waals surface area contributed by atoms with Crippen LogP contribution < -0.4 is 9.80 Å². The highest BCUT2D eigenvalue weighted by atomic mass is 35.5. The van der Waals surface area contributed by atoms with Crippen molar-refractivity contribution in [2.24, 2.45) is 0 Å². The van der Waals surface area contributed by atoms with E-state index in [2.05, 4.69) is 4.90 Å². The van der Waals surface area contributed by atoms with Gasteiger partial charge in [0.2, 0.25) is 0 Å². The molecule has 6 nitrogen and oxygen atoms in total. The highest BCUT2D eigenvalue weighted by molar-refractivity contribution is 6.35. The Morgan fingerprint density at radius 1 is 1.00 bits per heavy atom. The van der Waals surface area contributed by atoms with Crippen molar-refractivity contribution in [2.75, 3.05) is 43.2 Å². The molecule has 0 spiro atoms. The molecule has 5 rings (SSSR count). The summed E-state index contributed by atoms with van der Waals surface area (Å²) in [4.78, 5) is 17.1. The van der Waals surface area contributed by atoms with E-state index in [4.69, 9.17) is 33.0 Å². The van der Waals surface area contributed by atoms with Crippen LogP contribution >= 0.6 is 23.2 Å². The number of aromatic nitrogens is 2. The molecule has 0 N–H and O–H groups in total. The Bertz CT molecular complexity index is 1490. The lowest BCUT2D eigenvalue weighted by atomic mass is 10.0. The third-order valence-electron chi connectivity index (χ3n) is 6.51. The fourth-order valence-electron chi connectivity index (χ4n) is 4.62. The van der Waals surface area contributed by atoms with E-state index in [0.717, 1.165) is 29.0 Å². The molecule has 2 aromatic carbocycles. The summed E-state index contributed by atoms with van der Waals surface area (Å²) in [5.74, 6) is 0.327. The van der Waals surface area contributed by atoms with Gasteiger partial charge in [-0.1, -0.05) is 23.2 Å². The number of hydrogen-bond acceptors (Lipinski definition) is 4. The zero-order valence-corrected chi connectivity index (χ0v) is 22.0. The predicted octanol–water partition coefficient (Wildman–Crippen LogP) is 6.75. The Labute approximate surface area is 227 Å². The summed E-state index contributed by atoms with van der Waals surface area (Å²) in [6, 6.07) is 13.2. The zero-order valence-electron chi connectivity index (χ0n) is 20.5. The van der Waals surface area contributed by atoms with E-state index in [0.29, 0.717) is 58.9 Å². The molecule has 0 bridgehead atoms. The number of hydrogen-bond donors (Lipinski definition) is 0. The predicted molar refractivity (Wildman–Crippen MR) is 143 cm³/mol. The van der Waals surface area contributed by atoms with Crippen molar-refractivity contribution in [1.82, 2.24) is 9.61 Å². The molecular weight excluding hydrogens is 540 g/mol. The standard InChI is InChI=1S/C27H23Cl2F3N4O2/c1-16-25(17-11-20(28)15-21(29)12-17)23-13-18(14-24(36(23)33-16)35-7-9-38-10-8-35)26(37)34(2)22-5-3-19(4-6-22)27(30,31)32/h3-6,11-15H,7-10H2,1-2H3. The van der Waals surface area contributed by atoms with E-state index in [1.165, 1.54) is 24.1 Å². The number of halogens is 5. The second-order valence-corrected chi connectivity index (χ2v) is 9.90. The summed E-state index contributed by atoms with van der Waals surface area (Å²) < 4.78 is 46.4. The lowest BCUT2D eigenvalue weighted by Crippen LogP contribution is -2.37. The van der Waals surface area contributed by atoms with Crippen molar-refractivity contribution in [3.05, 3.63) is 81.5 Å². The zero-order chi connectivity index (χ0) is 27.2. The average molecular weight is 563 g/mol. The number of aryl methyl sites for hydroxylation is 1. The first-order valence-corrected chi connectivity index (χ1v) is 12.6. The SMILES string of the molecule is Cc1nn2c(N3CCOCC3)cc(C(=O)N(C)c3ccc(C(F)(F)F)cc3)cc2c1-c1cc(Cl)cc(Cl)c1. The van der Waals surface area contributed by atoms with Crippen LogP contribution in [0.4, 0.5) is 24.7 Å². The van der Waals surface area contributed by atoms with E-state index in [1.54, 1.807) is 34.8 Å². The van der Waals surface area contributed by atoms with Gasteiger partial charge in [0.05, 0.1) is 30.0 Å². The number of fused-ring (bicyclic) bond motifs is 1. The molecule has 0 aliphatic carbocycles. The van der Waals surface area contributed by atoms with Gasteiger partial charge in [0, 0.05) is 47.0 Å². The van der Waals surface area contributed by atoms with Crippen LogP contribution in [0.1, 0.15) is 21.6 Å². The van der Waals surface area contributed by atoms with Gasteiger partial charge in [0.1, 0.15) is 5.82 Å². The number of carbonyl (C=O) groups excluding carboxylic acids is 1. The first-order valence-electron chi connectivity index (χ1n) is 11.8. The number of amides is 1. The molecule has 0 unspecified atom stereocenters. The summed E-state index contributed by atoms with van der Waals surface area (Å²) in [6.45, 7) is 4.15. The van der Waals surface area contributed by atoms with Crippen LogP contribution in [0.3, 0.4) is 0 Å². The number of carbonyl (C=O) groups is 1. The lowest BCUT2D eigenvalue weighted by molar-refractivity contribution is -0.137. The normalized spacial score (nSPS) is 14.2. The first kappa shape index (κ1) is 26.3. The number of rotatable bonds is 4. The largest absolute Gasteiger partial charge is 0.416 e. The molecule has 0 saturated carbocycles. The molecule has 1 amide bonds. The average Bonchev–Trinajstić information content (AvgIpc) is 3.22. The number of pyridine rings is 1. The minimum Gasteiger partial charge on any atom is -0.378 e. The molecule has 1 fully saturated rings. The molecular formula is C27H23Cl2F3N4O2. The molecule has 2 aromatic heterocycles. The van der Waals surface area contributed by atoms with Crippen molar-refractivity contribution in [1.29, 1.82) is 0 Å². The molecule has 1 aliphatic rings. The topological polar surface area (TPSA) is 50.1 Å². The van der Waals surface area contributed by atoms with E-state index >= 15 is 0 Å². The quantitative estimate of drug-likeness (QED) is 0.276. The van der Waals surface area contributed by atoms with Crippen LogP contribution in [0.15, 0.2) is 54.6 Å². The van der Waals surface area contributed by atoms with E-state index < -0.39 is 11.7 Å². The van der Waals surface area contributed by atoms with Gasteiger partial charge in [-0.05, 0) is 67.1 Å². The molecule has 0 atom stereocenters. The maximum Gasteiger partial charge on any atom is 0.416 e. The Kier molecular flexibility index (Phi) is 7.02. The molecule has 4 aromatic rings. The van der Waals surface area contributed by atoms with Crippen LogP contribution in [-0.4, -0.2) is 48.9 Å². The van der Waals surface area contributed by atoms with Crippen molar-refractivity contribution in [2.45, 2.75) is 13.1 Å². The first-order chi connectivity index (χ1) is 18.0. The summed E-state index contributed by atoms with van der Waals surface area (Å²) in [6.07, 6.45) is -4.46. The Hall–Kier alpha value is -3.27. The van der Waals surface area contributed by atoms with Crippen LogP contribution in [0, 0.1) is 6.92 Å². The van der Waals surface area contributed by atoms with E-state index in [-0.39, 0.29) is 5.91 Å². The van der Waals surface area contributed by atoms with Gasteiger partial charge in [0.25, 0.3) is 5.91 Å². The highest BCUT2D eigenvalue weighted by Crippen LogP contribution is 2.36. The monoisotopic (exact) mass is 562 g/mol. The molecule has 3 heterocycles. The summed E-state index contributed by atoms with van der Waals surface area (Å²) in [7, 11) is 1.53. The molecule has 0 radical (unpaired) electrons. The van der Waals surface area contributed by atoms with Gasteiger partial charge in [-0.15, -0.1) is 0 Å². The van der Waals surface area contributed by atoms with Crippen LogP contribution in [0.2, 0.25) is 10.0 Å². The molecule has 1 saturated heterocycles. The van der Waals surface area contributed by atoms with Crippen molar-refractivity contribution < 1.29 is 22.7 Å². The Balaban J connectivity index is 1.64. The number of anilines is 2. The minimum atomic E-state index is -4.46. The third kappa shape index (κ3) is 5.06. The van der Waals surface area contributed by atoms with Crippen LogP contribution in [0.25, 0.3) is 16.6 Å². The summed E-state index contributed by atoms with van der Waals surface area (Å²) >= 11 is 12.6. The smallest absolute Gasteiger partial charge is 0.378 e. The Morgan fingerprint density at radius 2 is 1.63 bits per heavy atom. The summed E-state index contributed by atoms with van der Waals surface area (Å²) in [5.41, 5.74) is 2.84. The number of alkyl halides is 3. The summed E-state index contributed by atoms with van der Waals surface area (Å²) in [5, 5.41) is 5.71. The van der Waals surface area contributed by atoms with Gasteiger partial charge in [-0.2, -0.15) is 18.3 Å². The van der Waals surface area contributed by atoms with E-state index in [9.17, 15) is 18.0 Å². The highest BCUT2D eigenvalue weighted by Gasteiger charge is 2.30. The van der Waals surface area contributed by atoms with E-state index in [1.807, 2.05) is 6.92 Å². The Morgan fingerprint density at radius 3 is 2.24 bits per heavy atom.